The first kappa shape index (κ1) is 11.6. The quantitative estimate of drug-likeness (QED) is 0.745. The van der Waals surface area contributed by atoms with Crippen molar-refractivity contribution >= 4 is 17.4 Å². The first-order chi connectivity index (χ1) is 7.68. The lowest BCUT2D eigenvalue weighted by Gasteiger charge is -2.21. The van der Waals surface area contributed by atoms with E-state index in [2.05, 4.69) is 0 Å². The van der Waals surface area contributed by atoms with E-state index in [9.17, 15) is 9.18 Å². The van der Waals surface area contributed by atoms with E-state index in [0.717, 1.165) is 0 Å². The van der Waals surface area contributed by atoms with Crippen molar-refractivity contribution in [3.8, 4) is 0 Å². The molecule has 1 saturated heterocycles. The molecule has 1 aliphatic heterocycles. The Morgan fingerprint density at radius 1 is 1.38 bits per heavy atom. The molecule has 1 aliphatic rings. The van der Waals surface area contributed by atoms with Crippen molar-refractivity contribution in [3.05, 3.63) is 34.6 Å². The third-order valence-electron chi connectivity index (χ3n) is 2.79. The predicted molar refractivity (Wildman–Crippen MR) is 59.3 cm³/mol. The van der Waals surface area contributed by atoms with E-state index in [1.165, 1.54) is 18.2 Å². The first-order valence-electron chi connectivity index (χ1n) is 5.25. The maximum atomic E-state index is 13.0. The number of hydrogen-bond acceptors (Lipinski definition) is 2. The van der Waals surface area contributed by atoms with Gasteiger partial charge in [0.15, 0.2) is 5.78 Å². The van der Waals surface area contributed by atoms with Crippen molar-refractivity contribution in [2.24, 2.45) is 5.92 Å². The summed E-state index contributed by atoms with van der Waals surface area (Å²) in [5, 5.41) is 0.317. The van der Waals surface area contributed by atoms with Crippen LogP contribution in [0, 0.1) is 11.7 Å². The van der Waals surface area contributed by atoms with Gasteiger partial charge >= 0.3 is 0 Å². The van der Waals surface area contributed by atoms with Gasteiger partial charge in [-0.3, -0.25) is 4.79 Å². The molecule has 1 aromatic rings. The third-order valence-corrected chi connectivity index (χ3v) is 3.12. The maximum Gasteiger partial charge on any atom is 0.167 e. The van der Waals surface area contributed by atoms with Crippen LogP contribution >= 0.6 is 11.6 Å². The fraction of sp³-hybridized carbons (Fsp3) is 0.417. The molecule has 0 atom stereocenters. The summed E-state index contributed by atoms with van der Waals surface area (Å²) in [6, 6.07) is 3.88. The van der Waals surface area contributed by atoms with E-state index in [1.54, 1.807) is 0 Å². The van der Waals surface area contributed by atoms with Gasteiger partial charge in [0.1, 0.15) is 5.82 Å². The number of hydrogen-bond donors (Lipinski definition) is 0. The zero-order chi connectivity index (χ0) is 11.5. The Morgan fingerprint density at radius 3 is 2.75 bits per heavy atom. The van der Waals surface area contributed by atoms with Crippen LogP contribution in [0.1, 0.15) is 23.2 Å². The Balaban J connectivity index is 2.22. The van der Waals surface area contributed by atoms with Gasteiger partial charge in [0.2, 0.25) is 0 Å². The Labute approximate surface area is 98.4 Å². The molecular formula is C12H12ClFO2. The van der Waals surface area contributed by atoms with Gasteiger partial charge in [0.25, 0.3) is 0 Å². The summed E-state index contributed by atoms with van der Waals surface area (Å²) in [5.74, 6) is -0.597. The third kappa shape index (κ3) is 2.42. The van der Waals surface area contributed by atoms with E-state index >= 15 is 0 Å². The minimum atomic E-state index is -0.431. The number of ketones is 1. The number of carbonyl (C=O) groups excluding carboxylic acids is 1. The highest BCUT2D eigenvalue weighted by molar-refractivity contribution is 6.34. The van der Waals surface area contributed by atoms with Gasteiger partial charge < -0.3 is 4.74 Å². The van der Waals surface area contributed by atoms with Crippen LogP contribution in [0.25, 0.3) is 0 Å². The van der Waals surface area contributed by atoms with Crippen LogP contribution in [-0.2, 0) is 4.74 Å². The zero-order valence-corrected chi connectivity index (χ0v) is 9.47. The highest BCUT2D eigenvalue weighted by Gasteiger charge is 2.24. The second-order valence-corrected chi connectivity index (χ2v) is 4.28. The van der Waals surface area contributed by atoms with Crippen LogP contribution < -0.4 is 0 Å². The van der Waals surface area contributed by atoms with Gasteiger partial charge in [-0.05, 0) is 31.0 Å². The summed E-state index contributed by atoms with van der Waals surface area (Å²) in [7, 11) is 0. The summed E-state index contributed by atoms with van der Waals surface area (Å²) in [4.78, 5) is 12.1. The van der Waals surface area contributed by atoms with Crippen LogP contribution in [0.5, 0.6) is 0 Å². The van der Waals surface area contributed by atoms with E-state index in [4.69, 9.17) is 16.3 Å². The SMILES string of the molecule is O=C(c1cc(F)ccc1Cl)C1CCOCC1. The first-order valence-corrected chi connectivity index (χ1v) is 5.63. The Bertz CT molecular complexity index is 400. The van der Waals surface area contributed by atoms with Crippen LogP contribution in [0.2, 0.25) is 5.02 Å². The fourth-order valence-corrected chi connectivity index (χ4v) is 2.08. The molecule has 1 heterocycles. The van der Waals surface area contributed by atoms with Crippen molar-refractivity contribution in [1.82, 2.24) is 0 Å². The summed E-state index contributed by atoms with van der Waals surface area (Å²) < 4.78 is 18.2. The minimum Gasteiger partial charge on any atom is -0.381 e. The molecule has 2 nitrogen and oxygen atoms in total. The lowest BCUT2D eigenvalue weighted by atomic mass is 9.91. The number of ether oxygens (including phenoxy) is 1. The average molecular weight is 243 g/mol. The smallest absolute Gasteiger partial charge is 0.167 e. The molecule has 4 heteroatoms. The Morgan fingerprint density at radius 2 is 2.06 bits per heavy atom. The monoisotopic (exact) mass is 242 g/mol. The van der Waals surface area contributed by atoms with Crippen molar-refractivity contribution in [1.29, 1.82) is 0 Å². The molecule has 0 unspecified atom stereocenters. The second-order valence-electron chi connectivity index (χ2n) is 3.88. The van der Waals surface area contributed by atoms with Gasteiger partial charge in [-0.2, -0.15) is 0 Å². The van der Waals surface area contributed by atoms with Crippen molar-refractivity contribution in [2.45, 2.75) is 12.8 Å². The largest absolute Gasteiger partial charge is 0.381 e. The highest BCUT2D eigenvalue weighted by atomic mass is 35.5. The maximum absolute atomic E-state index is 13.0. The second kappa shape index (κ2) is 4.93. The molecule has 1 fully saturated rings. The summed E-state index contributed by atoms with van der Waals surface area (Å²) in [6.07, 6.45) is 1.37. The number of Topliss-reactive ketones (excluding diaryl/α,β-unsaturated/α-hetero) is 1. The summed E-state index contributed by atoms with van der Waals surface area (Å²) in [6.45, 7) is 1.17. The minimum absolute atomic E-state index is 0.0761. The normalized spacial score (nSPS) is 17.4. The van der Waals surface area contributed by atoms with E-state index in [1.807, 2.05) is 0 Å². The van der Waals surface area contributed by atoms with Crippen LogP contribution in [-0.4, -0.2) is 19.0 Å². The van der Waals surface area contributed by atoms with Crippen molar-refractivity contribution in [2.75, 3.05) is 13.2 Å². The number of carbonyl (C=O) groups is 1. The summed E-state index contributed by atoms with van der Waals surface area (Å²) in [5.41, 5.74) is 0.286. The van der Waals surface area contributed by atoms with Crippen molar-refractivity contribution < 1.29 is 13.9 Å². The average Bonchev–Trinajstić information content (AvgIpc) is 2.32. The molecule has 0 amide bonds. The predicted octanol–water partition coefficient (Wildman–Crippen LogP) is 3.09. The number of benzene rings is 1. The molecule has 0 aliphatic carbocycles. The van der Waals surface area contributed by atoms with Gasteiger partial charge in [0, 0.05) is 24.7 Å². The van der Waals surface area contributed by atoms with Gasteiger partial charge in [-0.15, -0.1) is 0 Å². The van der Waals surface area contributed by atoms with Gasteiger partial charge in [-0.25, -0.2) is 4.39 Å². The molecule has 0 N–H and O–H groups in total. The summed E-state index contributed by atoms with van der Waals surface area (Å²) >= 11 is 5.89. The number of rotatable bonds is 2. The Kier molecular flexibility index (Phi) is 3.56. The zero-order valence-electron chi connectivity index (χ0n) is 8.71. The molecule has 0 spiro atoms. The molecule has 1 aromatic carbocycles. The molecule has 2 rings (SSSR count). The van der Waals surface area contributed by atoms with E-state index in [0.29, 0.717) is 31.1 Å². The lowest BCUT2D eigenvalue weighted by molar-refractivity contribution is 0.0544. The van der Waals surface area contributed by atoms with Crippen LogP contribution in [0.15, 0.2) is 18.2 Å². The molecular weight excluding hydrogens is 231 g/mol. The van der Waals surface area contributed by atoms with E-state index in [-0.39, 0.29) is 17.3 Å². The highest BCUT2D eigenvalue weighted by Crippen LogP contribution is 2.25. The topological polar surface area (TPSA) is 26.3 Å². The fourth-order valence-electron chi connectivity index (χ4n) is 1.87. The number of halogens is 2. The molecule has 0 radical (unpaired) electrons. The molecule has 0 aromatic heterocycles. The van der Waals surface area contributed by atoms with Crippen molar-refractivity contribution in [3.63, 3.8) is 0 Å². The Hall–Kier alpha value is -0.930. The van der Waals surface area contributed by atoms with Gasteiger partial charge in [-0.1, -0.05) is 11.6 Å². The molecule has 0 bridgehead atoms. The molecule has 86 valence electrons. The molecule has 16 heavy (non-hydrogen) atoms. The lowest BCUT2D eigenvalue weighted by Crippen LogP contribution is -2.23. The van der Waals surface area contributed by atoms with E-state index < -0.39 is 5.82 Å². The van der Waals surface area contributed by atoms with Crippen LogP contribution in [0.4, 0.5) is 4.39 Å². The standard InChI is InChI=1S/C12H12ClFO2/c13-11-2-1-9(14)7-10(11)12(15)8-3-5-16-6-4-8/h1-2,7-8H,3-6H2. The van der Waals surface area contributed by atoms with Crippen LogP contribution in [0.3, 0.4) is 0 Å². The van der Waals surface area contributed by atoms with Gasteiger partial charge in [0.05, 0.1) is 5.02 Å². The molecule has 0 saturated carbocycles.